The number of nitrogens with zero attached hydrogens (tertiary/aromatic N) is 3. The standard InChI is InChI=1S/C29H31N3O/c1-4-6-8-25(21-30)27(7-5-2)29-14-13-28(31(29)3)24-10-9-23-20-26(12-11-22(23)19-24)32-15-17-33-18-16-32/h5-14,19-20H,4,15-18H2,1-3H3/b7-5-,8-6+,27-25-. The van der Waals surface area contributed by atoms with Gasteiger partial charge in [-0.3, -0.25) is 0 Å². The monoisotopic (exact) mass is 437 g/mol. The van der Waals surface area contributed by atoms with E-state index in [-0.39, 0.29) is 0 Å². The summed E-state index contributed by atoms with van der Waals surface area (Å²) in [5.74, 6) is 0. The van der Waals surface area contributed by atoms with Gasteiger partial charge < -0.3 is 14.2 Å². The van der Waals surface area contributed by atoms with Gasteiger partial charge in [0.25, 0.3) is 0 Å². The van der Waals surface area contributed by atoms with Gasteiger partial charge >= 0.3 is 0 Å². The number of fused-ring (bicyclic) bond motifs is 1. The highest BCUT2D eigenvalue weighted by molar-refractivity contribution is 5.90. The number of nitriles is 1. The fraction of sp³-hybridized carbons (Fsp3) is 0.276. The third kappa shape index (κ3) is 4.79. The largest absolute Gasteiger partial charge is 0.378 e. The molecule has 1 aliphatic heterocycles. The number of hydrogen-bond acceptors (Lipinski definition) is 3. The van der Waals surface area contributed by atoms with E-state index in [0.29, 0.717) is 5.57 Å². The maximum Gasteiger partial charge on any atom is 0.0998 e. The van der Waals surface area contributed by atoms with Gasteiger partial charge in [0, 0.05) is 42.8 Å². The average molecular weight is 438 g/mol. The van der Waals surface area contributed by atoms with Crippen molar-refractivity contribution in [3.05, 3.63) is 84.1 Å². The summed E-state index contributed by atoms with van der Waals surface area (Å²) in [6.07, 6.45) is 8.86. The predicted octanol–water partition coefficient (Wildman–Crippen LogP) is 6.50. The highest BCUT2D eigenvalue weighted by atomic mass is 16.5. The molecule has 1 fully saturated rings. The first-order valence-corrected chi connectivity index (χ1v) is 11.6. The molecule has 2 heterocycles. The first-order valence-electron chi connectivity index (χ1n) is 11.6. The van der Waals surface area contributed by atoms with Crippen molar-refractivity contribution in [1.29, 1.82) is 5.26 Å². The molecule has 3 aromatic rings. The molecule has 4 nitrogen and oxygen atoms in total. The second kappa shape index (κ2) is 10.4. The van der Waals surface area contributed by atoms with Crippen LogP contribution < -0.4 is 4.90 Å². The molecule has 0 bridgehead atoms. The molecule has 4 rings (SSSR count). The summed E-state index contributed by atoms with van der Waals surface area (Å²) in [4.78, 5) is 2.38. The quantitative estimate of drug-likeness (QED) is 0.326. The summed E-state index contributed by atoms with van der Waals surface area (Å²) < 4.78 is 7.66. The second-order valence-corrected chi connectivity index (χ2v) is 8.26. The van der Waals surface area contributed by atoms with Crippen LogP contribution in [0.1, 0.15) is 26.0 Å². The van der Waals surface area contributed by atoms with Gasteiger partial charge in [-0.25, -0.2) is 0 Å². The van der Waals surface area contributed by atoms with Crippen molar-refractivity contribution in [3.63, 3.8) is 0 Å². The Morgan fingerprint density at radius 3 is 2.52 bits per heavy atom. The van der Waals surface area contributed by atoms with Crippen molar-refractivity contribution in [3.8, 4) is 17.3 Å². The minimum absolute atomic E-state index is 0.678. The highest BCUT2D eigenvalue weighted by Crippen LogP contribution is 2.31. The Morgan fingerprint density at radius 2 is 1.79 bits per heavy atom. The second-order valence-electron chi connectivity index (χ2n) is 8.26. The predicted molar refractivity (Wildman–Crippen MR) is 138 cm³/mol. The molecule has 0 saturated carbocycles. The number of rotatable bonds is 6. The lowest BCUT2D eigenvalue weighted by atomic mass is 10.0. The van der Waals surface area contributed by atoms with Gasteiger partial charge in [0.1, 0.15) is 0 Å². The van der Waals surface area contributed by atoms with E-state index in [0.717, 1.165) is 55.2 Å². The molecule has 1 aromatic heterocycles. The molecule has 0 unspecified atom stereocenters. The summed E-state index contributed by atoms with van der Waals surface area (Å²) in [6, 6.07) is 19.9. The van der Waals surface area contributed by atoms with E-state index < -0.39 is 0 Å². The normalized spacial score (nSPS) is 15.4. The molecule has 4 heteroatoms. The number of aromatic nitrogens is 1. The zero-order valence-corrected chi connectivity index (χ0v) is 19.7. The van der Waals surface area contributed by atoms with Crippen LogP contribution in [0.3, 0.4) is 0 Å². The van der Waals surface area contributed by atoms with Gasteiger partial charge in [0.15, 0.2) is 0 Å². The van der Waals surface area contributed by atoms with Crippen LogP contribution in [0.4, 0.5) is 5.69 Å². The van der Waals surface area contributed by atoms with Crippen LogP contribution in [0.5, 0.6) is 0 Å². The summed E-state index contributed by atoms with van der Waals surface area (Å²) in [5, 5.41) is 12.2. The number of morpholine rings is 1. The minimum Gasteiger partial charge on any atom is -0.378 e. The Kier molecular flexibility index (Phi) is 7.12. The zero-order valence-electron chi connectivity index (χ0n) is 19.7. The fourth-order valence-electron chi connectivity index (χ4n) is 4.39. The third-order valence-corrected chi connectivity index (χ3v) is 6.16. The van der Waals surface area contributed by atoms with Crippen molar-refractivity contribution < 1.29 is 4.74 Å². The van der Waals surface area contributed by atoms with Crippen molar-refractivity contribution in [2.75, 3.05) is 31.2 Å². The van der Waals surface area contributed by atoms with Crippen molar-refractivity contribution in [2.45, 2.75) is 20.3 Å². The first-order chi connectivity index (χ1) is 16.2. The summed E-state index contributed by atoms with van der Waals surface area (Å²) in [7, 11) is 2.07. The van der Waals surface area contributed by atoms with Crippen LogP contribution in [0.2, 0.25) is 0 Å². The lowest BCUT2D eigenvalue weighted by molar-refractivity contribution is 0.122. The number of benzene rings is 2. The molecule has 33 heavy (non-hydrogen) atoms. The lowest BCUT2D eigenvalue weighted by Crippen LogP contribution is -2.36. The van der Waals surface area contributed by atoms with Gasteiger partial charge in [0.05, 0.1) is 24.9 Å². The van der Waals surface area contributed by atoms with E-state index in [1.807, 2.05) is 31.2 Å². The molecular formula is C29H31N3O. The Bertz CT molecular complexity index is 1260. The van der Waals surface area contributed by atoms with E-state index >= 15 is 0 Å². The highest BCUT2D eigenvalue weighted by Gasteiger charge is 2.14. The first kappa shape index (κ1) is 22.6. The Morgan fingerprint density at radius 1 is 1.03 bits per heavy atom. The van der Waals surface area contributed by atoms with E-state index in [2.05, 4.69) is 78.0 Å². The van der Waals surface area contributed by atoms with Crippen LogP contribution >= 0.6 is 0 Å². The van der Waals surface area contributed by atoms with Crippen LogP contribution in [0.15, 0.2) is 78.4 Å². The SMILES string of the molecule is C\C=C/C(=C(C#N)\C=C\CC)c1ccc(-c2ccc3cc(N4CCOCC4)ccc3c2)n1C. The molecule has 0 atom stereocenters. The fourth-order valence-corrected chi connectivity index (χ4v) is 4.39. The lowest BCUT2D eigenvalue weighted by Gasteiger charge is -2.29. The Hall–Kier alpha value is -3.55. The zero-order chi connectivity index (χ0) is 23.2. The molecule has 0 N–H and O–H groups in total. The summed E-state index contributed by atoms with van der Waals surface area (Å²) in [6.45, 7) is 7.52. The van der Waals surface area contributed by atoms with E-state index in [9.17, 15) is 5.26 Å². The minimum atomic E-state index is 0.678. The maximum absolute atomic E-state index is 9.75. The summed E-state index contributed by atoms with van der Waals surface area (Å²) in [5.41, 5.74) is 6.19. The van der Waals surface area contributed by atoms with E-state index in [1.165, 1.54) is 16.5 Å². The molecular weight excluding hydrogens is 406 g/mol. The molecule has 0 radical (unpaired) electrons. The smallest absolute Gasteiger partial charge is 0.0998 e. The van der Waals surface area contributed by atoms with Gasteiger partial charge in [0.2, 0.25) is 0 Å². The van der Waals surface area contributed by atoms with Gasteiger partial charge in [-0.2, -0.15) is 5.26 Å². The molecule has 0 aliphatic carbocycles. The topological polar surface area (TPSA) is 41.2 Å². The molecule has 2 aromatic carbocycles. The number of allylic oxidation sites excluding steroid dienone is 6. The van der Waals surface area contributed by atoms with Crippen LogP contribution in [0.25, 0.3) is 27.6 Å². The third-order valence-electron chi connectivity index (χ3n) is 6.16. The number of ether oxygens (including phenoxy) is 1. The molecule has 0 amide bonds. The van der Waals surface area contributed by atoms with Gasteiger partial charge in [-0.05, 0) is 66.1 Å². The molecule has 168 valence electrons. The van der Waals surface area contributed by atoms with Crippen molar-refractivity contribution in [1.82, 2.24) is 4.57 Å². The maximum atomic E-state index is 9.75. The Labute approximate surface area is 196 Å². The molecule has 0 spiro atoms. The van der Waals surface area contributed by atoms with Gasteiger partial charge in [-0.1, -0.05) is 43.4 Å². The van der Waals surface area contributed by atoms with E-state index in [1.54, 1.807) is 0 Å². The average Bonchev–Trinajstić information content (AvgIpc) is 3.24. The van der Waals surface area contributed by atoms with Gasteiger partial charge in [-0.15, -0.1) is 0 Å². The Balaban J connectivity index is 1.71. The molecule has 1 aliphatic rings. The van der Waals surface area contributed by atoms with E-state index in [4.69, 9.17) is 4.74 Å². The van der Waals surface area contributed by atoms with Crippen LogP contribution in [0, 0.1) is 11.3 Å². The summed E-state index contributed by atoms with van der Waals surface area (Å²) >= 11 is 0. The van der Waals surface area contributed by atoms with Crippen molar-refractivity contribution in [2.24, 2.45) is 7.05 Å². The number of anilines is 1. The van der Waals surface area contributed by atoms with Crippen molar-refractivity contribution >= 4 is 22.0 Å². The number of hydrogen-bond donors (Lipinski definition) is 0. The molecule has 1 saturated heterocycles. The van der Waals surface area contributed by atoms with Crippen LogP contribution in [-0.4, -0.2) is 30.9 Å². The van der Waals surface area contributed by atoms with Crippen LogP contribution in [-0.2, 0) is 11.8 Å².